The molecule has 0 radical (unpaired) electrons. The molecule has 1 saturated carbocycles. The third kappa shape index (κ3) is 5.62. The van der Waals surface area contributed by atoms with Gasteiger partial charge in [0.25, 0.3) is 0 Å². The molecular weight excluding hydrogens is 612 g/mol. The fraction of sp³-hybridized carbons (Fsp3) is 0.474. The Labute approximate surface area is 279 Å². The molecule has 1 aromatic heterocycles. The smallest absolute Gasteiger partial charge is 0.319 e. The standard InChI is InChI=1S/C38H41F2N5O3/c1-4-27-31(39)9-6-23-14-26(46)15-29(32(23)27)33-28(22(2)3)16-30-35(34(33)40)42-37(43-36(30)45-17-24-7-8-25(18-45)41-24)48-20-38(10-11-38)19-44-12-5-13-47-21-44/h1,6,9,14-16,22,24-25,41,46H,5,7-8,10-13,17-21H2,2-3H3. The third-order valence-electron chi connectivity index (χ3n) is 10.6. The molecule has 2 N–H and O–H groups in total. The highest BCUT2D eigenvalue weighted by molar-refractivity contribution is 6.05. The molecule has 8 rings (SSSR count). The van der Waals surface area contributed by atoms with Gasteiger partial charge in [-0.25, -0.2) is 8.78 Å². The number of halogens is 2. The monoisotopic (exact) mass is 653 g/mol. The van der Waals surface area contributed by atoms with E-state index in [4.69, 9.17) is 25.9 Å². The van der Waals surface area contributed by atoms with Crippen molar-refractivity contribution in [3.8, 4) is 35.2 Å². The van der Waals surface area contributed by atoms with E-state index in [-0.39, 0.29) is 39.7 Å². The Hall–Kier alpha value is -4.04. The molecule has 3 aromatic carbocycles. The minimum atomic E-state index is -0.581. The van der Waals surface area contributed by atoms with Gasteiger partial charge in [0, 0.05) is 66.6 Å². The Morgan fingerprint density at radius 1 is 1.15 bits per heavy atom. The lowest BCUT2D eigenvalue weighted by atomic mass is 9.86. The Kier molecular flexibility index (Phi) is 7.90. The van der Waals surface area contributed by atoms with Gasteiger partial charge >= 0.3 is 6.01 Å². The van der Waals surface area contributed by atoms with E-state index in [0.717, 1.165) is 64.9 Å². The van der Waals surface area contributed by atoms with Gasteiger partial charge in [0.15, 0.2) is 5.82 Å². The zero-order valence-electron chi connectivity index (χ0n) is 27.5. The van der Waals surface area contributed by atoms with Crippen molar-refractivity contribution in [1.82, 2.24) is 20.2 Å². The summed E-state index contributed by atoms with van der Waals surface area (Å²) in [4.78, 5) is 14.3. The van der Waals surface area contributed by atoms with Gasteiger partial charge in [-0.2, -0.15) is 9.97 Å². The SMILES string of the molecule is C#Cc1c(F)ccc2cc(O)cc(-c3c(C(C)C)cc4c(N5CC6CCC(C5)N6)nc(OCC5(CN6CCCOC6)CC5)nc4c3F)c12. The lowest BCUT2D eigenvalue weighted by molar-refractivity contribution is -0.0264. The molecule has 3 aliphatic heterocycles. The summed E-state index contributed by atoms with van der Waals surface area (Å²) in [6.45, 7) is 9.23. The molecule has 0 amide bonds. The first kappa shape index (κ1) is 31.2. The number of aromatic hydroxyl groups is 1. The molecule has 4 fully saturated rings. The number of aromatic nitrogens is 2. The zero-order chi connectivity index (χ0) is 33.2. The number of phenolic OH excluding ortho intramolecular Hbond substituents is 1. The molecule has 10 heteroatoms. The molecule has 2 unspecified atom stereocenters. The van der Waals surface area contributed by atoms with E-state index in [1.807, 2.05) is 19.9 Å². The molecule has 4 aliphatic rings. The predicted molar refractivity (Wildman–Crippen MR) is 182 cm³/mol. The number of anilines is 1. The third-order valence-corrected chi connectivity index (χ3v) is 10.6. The number of nitrogens with zero attached hydrogens (tertiary/aromatic N) is 4. The second kappa shape index (κ2) is 12.1. The van der Waals surface area contributed by atoms with Crippen LogP contribution in [-0.4, -0.2) is 78.2 Å². The number of hydrogen-bond donors (Lipinski definition) is 2. The summed E-state index contributed by atoms with van der Waals surface area (Å²) in [6.07, 6.45) is 11.1. The molecular formula is C38H41F2N5O3. The van der Waals surface area contributed by atoms with Crippen LogP contribution in [0.5, 0.6) is 11.8 Å². The van der Waals surface area contributed by atoms with Crippen molar-refractivity contribution < 1.29 is 23.4 Å². The van der Waals surface area contributed by atoms with Crippen LogP contribution in [-0.2, 0) is 4.74 Å². The second-order valence-electron chi connectivity index (χ2n) is 14.5. The van der Waals surface area contributed by atoms with E-state index >= 15 is 8.78 Å². The molecule has 4 aromatic rings. The van der Waals surface area contributed by atoms with Crippen LogP contribution in [0.1, 0.15) is 63.0 Å². The normalized spacial score (nSPS) is 22.0. The average Bonchev–Trinajstić information content (AvgIpc) is 3.76. The van der Waals surface area contributed by atoms with Crippen molar-refractivity contribution in [2.75, 3.05) is 51.0 Å². The van der Waals surface area contributed by atoms with Crippen molar-refractivity contribution in [3.05, 3.63) is 53.1 Å². The largest absolute Gasteiger partial charge is 0.508 e. The van der Waals surface area contributed by atoms with Gasteiger partial charge in [0.1, 0.15) is 22.9 Å². The summed E-state index contributed by atoms with van der Waals surface area (Å²) >= 11 is 0. The van der Waals surface area contributed by atoms with E-state index < -0.39 is 11.6 Å². The Bertz CT molecular complexity index is 1940. The lowest BCUT2D eigenvalue weighted by Gasteiger charge is -2.34. The molecule has 0 spiro atoms. The van der Waals surface area contributed by atoms with E-state index in [2.05, 4.69) is 21.0 Å². The van der Waals surface area contributed by atoms with Crippen molar-refractivity contribution in [3.63, 3.8) is 0 Å². The van der Waals surface area contributed by atoms with Gasteiger partial charge in [-0.05, 0) is 78.8 Å². The van der Waals surface area contributed by atoms with Crippen molar-refractivity contribution in [2.24, 2.45) is 5.41 Å². The van der Waals surface area contributed by atoms with Crippen LogP contribution in [0.15, 0.2) is 30.3 Å². The number of hydrogen-bond acceptors (Lipinski definition) is 8. The van der Waals surface area contributed by atoms with Crippen LogP contribution in [0.2, 0.25) is 0 Å². The van der Waals surface area contributed by atoms with E-state index in [9.17, 15) is 5.11 Å². The number of benzene rings is 3. The molecule has 2 bridgehead atoms. The second-order valence-corrected chi connectivity index (χ2v) is 14.5. The minimum absolute atomic E-state index is 0.00524. The summed E-state index contributed by atoms with van der Waals surface area (Å²) in [6, 6.07) is 8.59. The molecule has 1 aliphatic carbocycles. The summed E-state index contributed by atoms with van der Waals surface area (Å²) in [5.41, 5.74) is 1.40. The highest BCUT2D eigenvalue weighted by Gasteiger charge is 2.45. The van der Waals surface area contributed by atoms with Gasteiger partial charge in [0.2, 0.25) is 0 Å². The highest BCUT2D eigenvalue weighted by Crippen LogP contribution is 2.48. The van der Waals surface area contributed by atoms with Gasteiger partial charge in [0.05, 0.1) is 18.9 Å². The maximum Gasteiger partial charge on any atom is 0.319 e. The molecule has 3 saturated heterocycles. The first-order valence-electron chi connectivity index (χ1n) is 17.1. The number of rotatable bonds is 8. The van der Waals surface area contributed by atoms with Crippen LogP contribution < -0.4 is 15.0 Å². The Morgan fingerprint density at radius 3 is 2.62 bits per heavy atom. The van der Waals surface area contributed by atoms with Gasteiger partial charge < -0.3 is 24.8 Å². The number of phenols is 1. The average molecular weight is 654 g/mol. The highest BCUT2D eigenvalue weighted by atomic mass is 19.1. The van der Waals surface area contributed by atoms with Crippen molar-refractivity contribution in [2.45, 2.75) is 64.0 Å². The Morgan fingerprint density at radius 2 is 1.94 bits per heavy atom. The molecule has 8 nitrogen and oxygen atoms in total. The van der Waals surface area contributed by atoms with Gasteiger partial charge in [-0.15, -0.1) is 6.42 Å². The van der Waals surface area contributed by atoms with Crippen LogP contribution in [0.25, 0.3) is 32.8 Å². The summed E-state index contributed by atoms with van der Waals surface area (Å²) in [7, 11) is 0. The fourth-order valence-electron chi connectivity index (χ4n) is 7.97. The first-order chi connectivity index (χ1) is 23.2. The molecule has 250 valence electrons. The van der Waals surface area contributed by atoms with Crippen LogP contribution in [0.4, 0.5) is 14.6 Å². The first-order valence-corrected chi connectivity index (χ1v) is 17.1. The molecule has 48 heavy (non-hydrogen) atoms. The summed E-state index contributed by atoms with van der Waals surface area (Å²) < 4.78 is 44.6. The van der Waals surface area contributed by atoms with Gasteiger partial charge in [-0.1, -0.05) is 25.8 Å². The van der Waals surface area contributed by atoms with Crippen molar-refractivity contribution >= 4 is 27.5 Å². The number of nitrogens with one attached hydrogen (secondary N) is 1. The van der Waals surface area contributed by atoms with Crippen molar-refractivity contribution in [1.29, 1.82) is 0 Å². The number of ether oxygens (including phenoxy) is 2. The van der Waals surface area contributed by atoms with E-state index in [0.29, 0.717) is 58.5 Å². The number of terminal acetylenes is 1. The lowest BCUT2D eigenvalue weighted by Crippen LogP contribution is -2.51. The number of fused-ring (bicyclic) bond motifs is 4. The van der Waals surface area contributed by atoms with E-state index in [1.54, 1.807) is 6.07 Å². The van der Waals surface area contributed by atoms with E-state index in [1.165, 1.54) is 18.2 Å². The maximum atomic E-state index is 17.4. The summed E-state index contributed by atoms with van der Waals surface area (Å²) in [5, 5.41) is 16.0. The van der Waals surface area contributed by atoms with Crippen LogP contribution in [0.3, 0.4) is 0 Å². The predicted octanol–water partition coefficient (Wildman–Crippen LogP) is 6.32. The Balaban J connectivity index is 1.28. The summed E-state index contributed by atoms with van der Waals surface area (Å²) in [5.74, 6) is 1.77. The topological polar surface area (TPSA) is 83.0 Å². The quantitative estimate of drug-likeness (QED) is 0.214. The number of piperazine rings is 1. The maximum absolute atomic E-state index is 17.4. The fourth-order valence-corrected chi connectivity index (χ4v) is 7.97. The minimum Gasteiger partial charge on any atom is -0.508 e. The van der Waals surface area contributed by atoms with Gasteiger partial charge in [-0.3, -0.25) is 4.90 Å². The molecule has 4 heterocycles. The molecule has 2 atom stereocenters. The van der Waals surface area contributed by atoms with Crippen LogP contribution >= 0.6 is 0 Å². The zero-order valence-corrected chi connectivity index (χ0v) is 27.5. The van der Waals surface area contributed by atoms with Crippen LogP contribution in [0, 0.1) is 29.4 Å².